The lowest BCUT2D eigenvalue weighted by Gasteiger charge is -2.33. The number of hydrogen-bond donors (Lipinski definition) is 0. The molecular formula is C19H25NO3. The summed E-state index contributed by atoms with van der Waals surface area (Å²) in [6.45, 7) is 11.3. The zero-order valence-corrected chi connectivity index (χ0v) is 14.8. The van der Waals surface area contributed by atoms with Crippen LogP contribution in [0.1, 0.15) is 57.1 Å². The molecular weight excluding hydrogens is 290 g/mol. The monoisotopic (exact) mass is 315 g/mol. The van der Waals surface area contributed by atoms with Gasteiger partial charge >= 0.3 is 5.97 Å². The summed E-state index contributed by atoms with van der Waals surface area (Å²) in [4.78, 5) is 15.6. The number of hydrogen-bond acceptors (Lipinski definition) is 4. The highest BCUT2D eigenvalue weighted by molar-refractivity contribution is 5.87. The molecule has 1 heterocycles. The molecule has 124 valence electrons. The molecule has 0 aliphatic rings. The minimum Gasteiger partial charge on any atom is -0.464 e. The summed E-state index contributed by atoms with van der Waals surface area (Å²) in [6, 6.07) is 8.16. The van der Waals surface area contributed by atoms with Crippen LogP contribution in [0.3, 0.4) is 0 Å². The van der Waals surface area contributed by atoms with Crippen molar-refractivity contribution in [2.75, 3.05) is 7.11 Å². The molecule has 0 unspecified atom stereocenters. The highest BCUT2D eigenvalue weighted by atomic mass is 16.5. The summed E-state index contributed by atoms with van der Waals surface area (Å²) in [7, 11) is 1.32. The first kappa shape index (κ1) is 17.3. The first-order chi connectivity index (χ1) is 10.6. The number of nitrogens with zero attached hydrogens (tertiary/aromatic N) is 1. The van der Waals surface area contributed by atoms with Crippen molar-refractivity contribution in [1.29, 1.82) is 0 Å². The number of methoxy groups -OCH3 is 1. The third-order valence-corrected chi connectivity index (χ3v) is 3.78. The van der Waals surface area contributed by atoms with Crippen LogP contribution in [0.15, 0.2) is 34.9 Å². The van der Waals surface area contributed by atoms with Gasteiger partial charge in [-0.25, -0.2) is 9.78 Å². The van der Waals surface area contributed by atoms with Crippen LogP contribution in [0.5, 0.6) is 0 Å². The summed E-state index contributed by atoms with van der Waals surface area (Å²) < 4.78 is 10.0. The van der Waals surface area contributed by atoms with E-state index in [2.05, 4.69) is 56.5 Å². The van der Waals surface area contributed by atoms with Crippen LogP contribution in [0, 0.1) is 5.41 Å². The SMILES string of the molecule is COC(=O)c1coc(-c2ccc(C(C)(C)CC(C)(C)C)cc2)n1. The van der Waals surface area contributed by atoms with Gasteiger partial charge in [0.2, 0.25) is 5.89 Å². The molecule has 2 rings (SSSR count). The van der Waals surface area contributed by atoms with Crippen LogP contribution >= 0.6 is 0 Å². The van der Waals surface area contributed by atoms with E-state index < -0.39 is 5.97 Å². The second-order valence-electron chi connectivity index (χ2n) is 7.73. The molecule has 0 aliphatic heterocycles. The van der Waals surface area contributed by atoms with Gasteiger partial charge in [0.05, 0.1) is 7.11 Å². The fourth-order valence-corrected chi connectivity index (χ4v) is 3.10. The van der Waals surface area contributed by atoms with E-state index in [-0.39, 0.29) is 16.5 Å². The molecule has 4 heteroatoms. The molecule has 0 atom stereocenters. The lowest BCUT2D eigenvalue weighted by atomic mass is 9.72. The fourth-order valence-electron chi connectivity index (χ4n) is 3.10. The van der Waals surface area contributed by atoms with Crippen LogP contribution in [0.4, 0.5) is 0 Å². The first-order valence-corrected chi connectivity index (χ1v) is 7.77. The van der Waals surface area contributed by atoms with Crippen molar-refractivity contribution in [2.45, 2.75) is 46.5 Å². The molecule has 0 spiro atoms. The van der Waals surface area contributed by atoms with Gasteiger partial charge in [0.25, 0.3) is 0 Å². The van der Waals surface area contributed by atoms with Crippen molar-refractivity contribution in [1.82, 2.24) is 4.98 Å². The van der Waals surface area contributed by atoms with Gasteiger partial charge in [-0.3, -0.25) is 0 Å². The van der Waals surface area contributed by atoms with E-state index >= 15 is 0 Å². The third-order valence-electron chi connectivity index (χ3n) is 3.78. The van der Waals surface area contributed by atoms with E-state index in [0.29, 0.717) is 5.89 Å². The minimum atomic E-state index is -0.497. The van der Waals surface area contributed by atoms with Crippen molar-refractivity contribution >= 4 is 5.97 Å². The zero-order chi connectivity index (χ0) is 17.3. The number of oxazole rings is 1. The van der Waals surface area contributed by atoms with Crippen molar-refractivity contribution in [2.24, 2.45) is 5.41 Å². The van der Waals surface area contributed by atoms with Crippen molar-refractivity contribution in [3.8, 4) is 11.5 Å². The van der Waals surface area contributed by atoms with E-state index in [4.69, 9.17) is 4.42 Å². The molecule has 0 radical (unpaired) electrons. The van der Waals surface area contributed by atoms with Crippen LogP contribution in [-0.4, -0.2) is 18.1 Å². The normalized spacial score (nSPS) is 12.3. The van der Waals surface area contributed by atoms with E-state index in [9.17, 15) is 4.79 Å². The Bertz CT molecular complexity index is 675. The molecule has 2 aromatic rings. The standard InChI is InChI=1S/C19H25NO3/c1-18(2,3)12-19(4,5)14-9-7-13(8-10-14)16-20-15(11-23-16)17(21)22-6/h7-11H,12H2,1-6H3. The Labute approximate surface area is 137 Å². The number of carbonyl (C=O) groups is 1. The van der Waals surface area contributed by atoms with Gasteiger partial charge in [-0.1, -0.05) is 46.8 Å². The van der Waals surface area contributed by atoms with Gasteiger partial charge in [0.15, 0.2) is 5.69 Å². The molecule has 0 fully saturated rings. The Kier molecular flexibility index (Phi) is 4.64. The van der Waals surface area contributed by atoms with Crippen molar-refractivity contribution in [3.05, 3.63) is 41.8 Å². The molecule has 0 N–H and O–H groups in total. The van der Waals surface area contributed by atoms with Crippen LogP contribution in [0.2, 0.25) is 0 Å². The molecule has 0 bridgehead atoms. The lowest BCUT2D eigenvalue weighted by molar-refractivity contribution is 0.0594. The molecule has 0 saturated heterocycles. The van der Waals surface area contributed by atoms with Crippen LogP contribution < -0.4 is 0 Å². The maximum atomic E-state index is 11.4. The summed E-state index contributed by atoms with van der Waals surface area (Å²) in [5, 5.41) is 0. The molecule has 4 nitrogen and oxygen atoms in total. The summed E-state index contributed by atoms with van der Waals surface area (Å²) >= 11 is 0. The Hall–Kier alpha value is -2.10. The molecule has 23 heavy (non-hydrogen) atoms. The summed E-state index contributed by atoms with van der Waals surface area (Å²) in [5.74, 6) is -0.0755. The average Bonchev–Trinajstić information content (AvgIpc) is 2.94. The zero-order valence-electron chi connectivity index (χ0n) is 14.8. The molecule has 0 aliphatic carbocycles. The number of ether oxygens (including phenoxy) is 1. The van der Waals surface area contributed by atoms with Crippen LogP contribution in [-0.2, 0) is 10.2 Å². The lowest BCUT2D eigenvalue weighted by Crippen LogP contribution is -2.24. The third kappa shape index (κ3) is 4.21. The van der Waals surface area contributed by atoms with Gasteiger partial charge in [-0.05, 0) is 34.9 Å². The topological polar surface area (TPSA) is 52.3 Å². The summed E-state index contributed by atoms with van der Waals surface area (Å²) in [6.07, 6.45) is 2.41. The molecule has 0 saturated carbocycles. The number of carbonyl (C=O) groups excluding carboxylic acids is 1. The molecule has 0 amide bonds. The van der Waals surface area contributed by atoms with Crippen molar-refractivity contribution < 1.29 is 13.9 Å². The second kappa shape index (κ2) is 6.19. The van der Waals surface area contributed by atoms with Gasteiger partial charge < -0.3 is 9.15 Å². The second-order valence-corrected chi connectivity index (χ2v) is 7.73. The van der Waals surface area contributed by atoms with E-state index in [1.54, 1.807) is 0 Å². The van der Waals surface area contributed by atoms with Crippen LogP contribution in [0.25, 0.3) is 11.5 Å². The van der Waals surface area contributed by atoms with Crippen molar-refractivity contribution in [3.63, 3.8) is 0 Å². The number of esters is 1. The van der Waals surface area contributed by atoms with Gasteiger partial charge in [0.1, 0.15) is 6.26 Å². The molecule has 1 aromatic heterocycles. The van der Waals surface area contributed by atoms with E-state index in [1.165, 1.54) is 18.9 Å². The maximum absolute atomic E-state index is 11.4. The average molecular weight is 315 g/mol. The number of rotatable bonds is 4. The smallest absolute Gasteiger partial charge is 0.360 e. The largest absolute Gasteiger partial charge is 0.464 e. The quantitative estimate of drug-likeness (QED) is 0.757. The summed E-state index contributed by atoms with van der Waals surface area (Å²) in [5.41, 5.74) is 2.65. The fraction of sp³-hybridized carbons (Fsp3) is 0.474. The Balaban J connectivity index is 2.22. The Morgan fingerprint density at radius 1 is 1.13 bits per heavy atom. The predicted octanol–water partition coefficient (Wildman–Crippen LogP) is 4.84. The Morgan fingerprint density at radius 3 is 2.26 bits per heavy atom. The highest BCUT2D eigenvalue weighted by Crippen LogP contribution is 2.36. The number of aromatic nitrogens is 1. The highest BCUT2D eigenvalue weighted by Gasteiger charge is 2.27. The van der Waals surface area contributed by atoms with Gasteiger partial charge in [0, 0.05) is 5.56 Å². The van der Waals surface area contributed by atoms with E-state index in [1.807, 2.05) is 12.1 Å². The Morgan fingerprint density at radius 2 is 1.74 bits per heavy atom. The maximum Gasteiger partial charge on any atom is 0.360 e. The first-order valence-electron chi connectivity index (χ1n) is 7.77. The number of benzene rings is 1. The predicted molar refractivity (Wildman–Crippen MR) is 90.4 cm³/mol. The minimum absolute atomic E-state index is 0.0878. The van der Waals surface area contributed by atoms with Gasteiger partial charge in [-0.15, -0.1) is 0 Å². The molecule has 1 aromatic carbocycles. The van der Waals surface area contributed by atoms with E-state index in [0.717, 1.165) is 12.0 Å². The van der Waals surface area contributed by atoms with Gasteiger partial charge in [-0.2, -0.15) is 0 Å².